The van der Waals surface area contributed by atoms with E-state index in [1.165, 1.54) is 0 Å². The van der Waals surface area contributed by atoms with Crippen molar-refractivity contribution in [2.24, 2.45) is 22.7 Å². The van der Waals surface area contributed by atoms with Crippen LogP contribution in [-0.4, -0.2) is 54.5 Å². The molecule has 3 unspecified atom stereocenters. The molecular weight excluding hydrogens is 302 g/mol. The summed E-state index contributed by atoms with van der Waals surface area (Å²) in [4.78, 5) is 36.1. The van der Waals surface area contributed by atoms with Gasteiger partial charge in [-0.1, -0.05) is 6.42 Å². The van der Waals surface area contributed by atoms with Gasteiger partial charge in [-0.25, -0.2) is 14.6 Å². The molecule has 0 aromatic carbocycles. The maximum atomic E-state index is 11.7. The van der Waals surface area contributed by atoms with Gasteiger partial charge in [-0.05, 0) is 31.1 Å². The van der Waals surface area contributed by atoms with Crippen LogP contribution in [-0.2, 0) is 9.59 Å². The van der Waals surface area contributed by atoms with Crippen molar-refractivity contribution in [3.8, 4) is 0 Å². The van der Waals surface area contributed by atoms with E-state index in [1.54, 1.807) is 6.08 Å². The topological polar surface area (TPSA) is 128 Å². The number of hydrogen-bond donors (Lipinski definition) is 4. The first kappa shape index (κ1) is 19.1. The summed E-state index contributed by atoms with van der Waals surface area (Å²) in [5.41, 5.74) is 0. The number of aliphatic carboxylic acids is 1. The fraction of sp³-hybridized carbons (Fsp3) is 0.800. The quantitative estimate of drug-likeness (QED) is 0.362. The number of carboxylic acid groups (broad SMARTS) is 1. The molecule has 1 aliphatic rings. The van der Waals surface area contributed by atoms with E-state index in [1.807, 2.05) is 0 Å². The van der Waals surface area contributed by atoms with Gasteiger partial charge in [0.15, 0.2) is 0 Å². The minimum atomic E-state index is -1.00. The first-order valence-electron chi connectivity index (χ1n) is 7.93. The zero-order valence-corrected chi connectivity index (χ0v) is 13.2. The molecule has 8 nitrogen and oxygen atoms in total. The molecule has 1 fully saturated rings. The van der Waals surface area contributed by atoms with E-state index in [2.05, 4.69) is 15.6 Å². The number of carboxylic acids is 1. The van der Waals surface area contributed by atoms with Gasteiger partial charge in [-0.3, -0.25) is 4.79 Å². The highest BCUT2D eigenvalue weighted by Gasteiger charge is 2.22. The maximum absolute atomic E-state index is 11.7. The Balaban J connectivity index is 2.24. The van der Waals surface area contributed by atoms with Gasteiger partial charge in [0.25, 0.3) is 0 Å². The smallest absolute Gasteiger partial charge is 0.314 e. The highest BCUT2D eigenvalue weighted by molar-refractivity contribution is 5.74. The molecule has 0 bridgehead atoms. The number of rotatable bonds is 9. The molecule has 0 radical (unpaired) electrons. The average molecular weight is 327 g/mol. The van der Waals surface area contributed by atoms with Crippen LogP contribution in [0.2, 0.25) is 0 Å². The van der Waals surface area contributed by atoms with Crippen molar-refractivity contribution >= 4 is 18.1 Å². The summed E-state index contributed by atoms with van der Waals surface area (Å²) < 4.78 is 0. The Morgan fingerprint density at radius 3 is 2.65 bits per heavy atom. The van der Waals surface area contributed by atoms with Gasteiger partial charge in [-0.15, -0.1) is 0 Å². The zero-order valence-electron chi connectivity index (χ0n) is 13.2. The van der Waals surface area contributed by atoms with Crippen LogP contribution in [0.4, 0.5) is 4.79 Å². The fourth-order valence-corrected chi connectivity index (χ4v) is 2.90. The predicted octanol–water partition coefficient (Wildman–Crippen LogP) is 0.511. The number of aliphatic hydroxyl groups excluding tert-OH is 1. The Kier molecular flexibility index (Phi) is 8.94. The van der Waals surface area contributed by atoms with Gasteiger partial charge in [-0.2, -0.15) is 0 Å². The van der Waals surface area contributed by atoms with Crippen LogP contribution in [0, 0.1) is 17.8 Å². The molecule has 0 aromatic heterocycles. The monoisotopic (exact) mass is 327 g/mol. The molecule has 0 spiro atoms. The van der Waals surface area contributed by atoms with Crippen LogP contribution in [0.5, 0.6) is 0 Å². The Hall–Kier alpha value is -1.92. The lowest BCUT2D eigenvalue weighted by atomic mass is 9.81. The number of hydrogen-bond acceptors (Lipinski definition) is 5. The van der Waals surface area contributed by atoms with Gasteiger partial charge < -0.3 is 20.8 Å². The van der Waals surface area contributed by atoms with Crippen LogP contribution < -0.4 is 10.6 Å². The van der Waals surface area contributed by atoms with Crippen LogP contribution in [0.15, 0.2) is 4.99 Å². The van der Waals surface area contributed by atoms with Crippen molar-refractivity contribution < 1.29 is 24.6 Å². The lowest BCUT2D eigenvalue weighted by molar-refractivity contribution is -0.138. The molecule has 0 aromatic rings. The lowest BCUT2D eigenvalue weighted by Crippen LogP contribution is -2.42. The Labute approximate surface area is 135 Å². The first-order valence-corrected chi connectivity index (χ1v) is 7.93. The predicted molar refractivity (Wildman–Crippen MR) is 82.7 cm³/mol. The zero-order chi connectivity index (χ0) is 17.1. The van der Waals surface area contributed by atoms with Crippen LogP contribution in [0.1, 0.15) is 32.1 Å². The fourth-order valence-electron chi connectivity index (χ4n) is 2.90. The number of isocyanates is 1. The van der Waals surface area contributed by atoms with E-state index in [0.29, 0.717) is 24.9 Å². The summed E-state index contributed by atoms with van der Waals surface area (Å²) >= 11 is 0. The maximum Gasteiger partial charge on any atom is 0.314 e. The molecule has 2 amide bonds. The summed E-state index contributed by atoms with van der Waals surface area (Å²) in [6.07, 6.45) is 5.42. The van der Waals surface area contributed by atoms with Gasteiger partial charge in [0.05, 0.1) is 13.0 Å². The number of carbonyl (C=O) groups excluding carboxylic acids is 2. The van der Waals surface area contributed by atoms with E-state index in [0.717, 1.165) is 25.7 Å². The number of amides is 2. The molecule has 130 valence electrons. The van der Waals surface area contributed by atoms with Crippen molar-refractivity contribution in [2.45, 2.75) is 32.1 Å². The Morgan fingerprint density at radius 1 is 1.26 bits per heavy atom. The minimum absolute atomic E-state index is 0.121. The van der Waals surface area contributed by atoms with Crippen LogP contribution >= 0.6 is 0 Å². The van der Waals surface area contributed by atoms with E-state index in [4.69, 9.17) is 10.2 Å². The number of urea groups is 1. The van der Waals surface area contributed by atoms with E-state index in [9.17, 15) is 14.4 Å². The van der Waals surface area contributed by atoms with Crippen molar-refractivity contribution in [2.75, 3.05) is 26.2 Å². The summed E-state index contributed by atoms with van der Waals surface area (Å²) in [6, 6.07) is -0.359. The van der Waals surface area contributed by atoms with Crippen molar-refractivity contribution in [3.05, 3.63) is 0 Å². The standard InChI is InChI=1S/C15H25N3O5/c19-9-13(5-14(21)22)8-18-15(23)17-7-12-3-1-2-11(4-12)6-16-10-20/h11-13,19H,1-9H2,(H,21,22)(H2,17,18,23). The minimum Gasteiger partial charge on any atom is -0.481 e. The molecule has 0 heterocycles. The molecule has 1 rings (SSSR count). The second-order valence-electron chi connectivity index (χ2n) is 6.07. The summed E-state index contributed by atoms with van der Waals surface area (Å²) in [7, 11) is 0. The Bertz CT molecular complexity index is 437. The second-order valence-corrected chi connectivity index (χ2v) is 6.07. The number of aliphatic imine (C=N–C) groups is 1. The summed E-state index contributed by atoms with van der Waals surface area (Å²) in [5.74, 6) is -0.764. The van der Waals surface area contributed by atoms with E-state index < -0.39 is 11.9 Å². The van der Waals surface area contributed by atoms with Gasteiger partial charge in [0.2, 0.25) is 6.08 Å². The SMILES string of the molecule is O=C=NCC1CCCC(CNC(=O)NCC(CO)CC(=O)O)C1. The van der Waals surface area contributed by atoms with Crippen LogP contribution in [0.3, 0.4) is 0 Å². The average Bonchev–Trinajstić information content (AvgIpc) is 2.54. The molecule has 3 atom stereocenters. The van der Waals surface area contributed by atoms with Crippen LogP contribution in [0.25, 0.3) is 0 Å². The highest BCUT2D eigenvalue weighted by Crippen LogP contribution is 2.28. The van der Waals surface area contributed by atoms with E-state index >= 15 is 0 Å². The van der Waals surface area contributed by atoms with Crippen molar-refractivity contribution in [1.29, 1.82) is 0 Å². The molecular formula is C15H25N3O5. The third-order valence-corrected chi connectivity index (χ3v) is 4.13. The molecule has 1 aliphatic carbocycles. The second kappa shape index (κ2) is 10.7. The normalized spacial score (nSPS) is 21.8. The largest absolute Gasteiger partial charge is 0.481 e. The van der Waals surface area contributed by atoms with Gasteiger partial charge >= 0.3 is 12.0 Å². The molecule has 23 heavy (non-hydrogen) atoms. The molecule has 0 saturated heterocycles. The highest BCUT2D eigenvalue weighted by atomic mass is 16.4. The molecule has 1 saturated carbocycles. The summed E-state index contributed by atoms with van der Waals surface area (Å²) in [6.45, 7) is 0.875. The molecule has 0 aliphatic heterocycles. The molecule has 8 heteroatoms. The van der Waals surface area contributed by atoms with Gasteiger partial charge in [0.1, 0.15) is 0 Å². The third kappa shape index (κ3) is 8.32. The number of carbonyl (C=O) groups is 2. The third-order valence-electron chi connectivity index (χ3n) is 4.13. The number of nitrogens with one attached hydrogen (secondary N) is 2. The first-order chi connectivity index (χ1) is 11.0. The lowest BCUT2D eigenvalue weighted by Gasteiger charge is -2.28. The number of nitrogens with zero attached hydrogens (tertiary/aromatic N) is 1. The van der Waals surface area contributed by atoms with E-state index in [-0.39, 0.29) is 25.6 Å². The van der Waals surface area contributed by atoms with Crippen molar-refractivity contribution in [1.82, 2.24) is 10.6 Å². The van der Waals surface area contributed by atoms with Crippen molar-refractivity contribution in [3.63, 3.8) is 0 Å². The van der Waals surface area contributed by atoms with Gasteiger partial charge in [0, 0.05) is 25.6 Å². The Morgan fingerprint density at radius 2 is 2.00 bits per heavy atom. The number of aliphatic hydroxyl groups is 1. The molecule has 4 N–H and O–H groups in total. The summed E-state index contributed by atoms with van der Waals surface area (Å²) in [5, 5.41) is 23.1.